The largest absolute Gasteiger partial charge is 0.275 e. The zero-order valence-corrected chi connectivity index (χ0v) is 6.39. The molecule has 0 aliphatic heterocycles. The molecule has 0 amide bonds. The maximum atomic E-state index is 10.1. The van der Waals surface area contributed by atoms with E-state index in [2.05, 4.69) is 0 Å². The third kappa shape index (κ3) is 2.65. The van der Waals surface area contributed by atoms with Crippen LogP contribution in [0.2, 0.25) is 0 Å². The van der Waals surface area contributed by atoms with Gasteiger partial charge in [-0.1, -0.05) is 11.6 Å². The van der Waals surface area contributed by atoms with Crippen LogP contribution in [-0.4, -0.2) is 5.38 Å². The first-order chi connectivity index (χ1) is 3.55. The van der Waals surface area contributed by atoms with E-state index in [4.69, 9.17) is 34.8 Å². The minimum Gasteiger partial charge on any atom is -0.275 e. The zero-order chi connectivity index (χ0) is 6.73. The van der Waals surface area contributed by atoms with E-state index >= 15 is 0 Å². The smallest absolute Gasteiger partial charge is 0.261 e. The summed E-state index contributed by atoms with van der Waals surface area (Å²) >= 11 is 15.5. The Labute approximate surface area is 62.8 Å². The van der Waals surface area contributed by atoms with Crippen molar-refractivity contribution in [1.82, 2.24) is 0 Å². The Balaban J connectivity index is 4.00. The van der Waals surface area contributed by atoms with Crippen LogP contribution < -0.4 is 0 Å². The first-order valence-electron chi connectivity index (χ1n) is 1.92. The van der Waals surface area contributed by atoms with Crippen molar-refractivity contribution in [1.29, 1.82) is 0 Å². The van der Waals surface area contributed by atoms with Gasteiger partial charge >= 0.3 is 0 Å². The van der Waals surface area contributed by atoms with Crippen LogP contribution >= 0.6 is 34.8 Å². The SMILES string of the molecule is CC(Cl)/C(Cl)=C(/[O])Cl. The lowest BCUT2D eigenvalue weighted by Gasteiger charge is -1.95. The summed E-state index contributed by atoms with van der Waals surface area (Å²) in [5, 5.41) is 8.89. The lowest BCUT2D eigenvalue weighted by atomic mass is 10.5. The Morgan fingerprint density at radius 3 is 1.88 bits per heavy atom. The Morgan fingerprint density at radius 1 is 1.50 bits per heavy atom. The normalized spacial score (nSPS) is 17.5. The average Bonchev–Trinajstić information content (AvgIpc) is 1.64. The van der Waals surface area contributed by atoms with Crippen LogP contribution in [-0.2, 0) is 5.11 Å². The molecule has 0 saturated carbocycles. The summed E-state index contributed by atoms with van der Waals surface area (Å²) in [5.41, 5.74) is 0. The molecule has 8 heavy (non-hydrogen) atoms. The summed E-state index contributed by atoms with van der Waals surface area (Å²) in [6, 6.07) is 0. The molecule has 0 aliphatic carbocycles. The molecule has 0 spiro atoms. The van der Waals surface area contributed by atoms with Gasteiger partial charge in [0.15, 0.2) is 0 Å². The van der Waals surface area contributed by atoms with Crippen LogP contribution in [0.25, 0.3) is 0 Å². The molecule has 0 aromatic heterocycles. The summed E-state index contributed by atoms with van der Waals surface area (Å²) in [7, 11) is 0. The number of rotatable bonds is 1. The molecule has 4 heteroatoms. The van der Waals surface area contributed by atoms with E-state index in [0.29, 0.717) is 0 Å². The second-order valence-corrected chi connectivity index (χ2v) is 2.64. The molecule has 0 heterocycles. The Morgan fingerprint density at radius 2 is 1.88 bits per heavy atom. The summed E-state index contributed by atoms with van der Waals surface area (Å²) in [6.45, 7) is 1.57. The highest BCUT2D eigenvalue weighted by molar-refractivity contribution is 6.42. The van der Waals surface area contributed by atoms with Gasteiger partial charge in [-0.3, -0.25) is 5.11 Å². The minimum absolute atomic E-state index is 0.0340. The highest BCUT2D eigenvalue weighted by Crippen LogP contribution is 2.19. The summed E-state index contributed by atoms with van der Waals surface area (Å²) in [4.78, 5) is 0. The topological polar surface area (TPSA) is 19.9 Å². The fourth-order valence-corrected chi connectivity index (χ4v) is 0.475. The van der Waals surface area contributed by atoms with E-state index in [-0.39, 0.29) is 5.03 Å². The molecular formula is C4H4Cl3O. The zero-order valence-electron chi connectivity index (χ0n) is 4.12. The van der Waals surface area contributed by atoms with Gasteiger partial charge in [-0.15, -0.1) is 11.6 Å². The van der Waals surface area contributed by atoms with Crippen molar-refractivity contribution in [2.24, 2.45) is 0 Å². The Kier molecular flexibility index (Phi) is 3.61. The van der Waals surface area contributed by atoms with E-state index in [1.165, 1.54) is 0 Å². The molecule has 0 saturated heterocycles. The van der Waals surface area contributed by atoms with Gasteiger partial charge in [-0.2, -0.15) is 0 Å². The standard InChI is InChI=1S/C4H4Cl3O/c1-2(5)3(6)4(7)8/h2H,1H3/b4-3-. The molecular weight excluding hydrogens is 170 g/mol. The second-order valence-electron chi connectivity index (χ2n) is 1.24. The van der Waals surface area contributed by atoms with Gasteiger partial charge < -0.3 is 0 Å². The lowest BCUT2D eigenvalue weighted by molar-refractivity contribution is 0.329. The lowest BCUT2D eigenvalue weighted by Crippen LogP contribution is -1.90. The van der Waals surface area contributed by atoms with Crippen molar-refractivity contribution in [2.45, 2.75) is 12.3 Å². The molecule has 0 N–H and O–H groups in total. The maximum Gasteiger partial charge on any atom is 0.261 e. The number of alkyl halides is 1. The first kappa shape index (κ1) is 8.41. The van der Waals surface area contributed by atoms with Crippen molar-refractivity contribution in [3.05, 3.63) is 10.3 Å². The molecule has 47 valence electrons. The fraction of sp³-hybridized carbons (Fsp3) is 0.500. The summed E-state index contributed by atoms with van der Waals surface area (Å²) in [6.07, 6.45) is 0. The Hall–Kier alpha value is 0.410. The van der Waals surface area contributed by atoms with Crippen molar-refractivity contribution < 1.29 is 5.11 Å². The van der Waals surface area contributed by atoms with Gasteiger partial charge in [0.2, 0.25) is 0 Å². The molecule has 0 aromatic rings. The molecule has 0 aliphatic rings. The molecule has 0 aromatic carbocycles. The Bertz CT molecular complexity index is 104. The van der Waals surface area contributed by atoms with Crippen molar-refractivity contribution in [2.75, 3.05) is 0 Å². The van der Waals surface area contributed by atoms with Gasteiger partial charge in [-0.25, -0.2) is 0 Å². The van der Waals surface area contributed by atoms with Crippen LogP contribution in [0.4, 0.5) is 0 Å². The van der Waals surface area contributed by atoms with E-state index in [0.717, 1.165) is 0 Å². The third-order valence-corrected chi connectivity index (χ3v) is 1.67. The fourth-order valence-electron chi connectivity index (χ4n) is 0.156. The van der Waals surface area contributed by atoms with Crippen LogP contribution in [0, 0.1) is 0 Å². The molecule has 1 unspecified atom stereocenters. The minimum atomic E-state index is -0.686. The highest BCUT2D eigenvalue weighted by Gasteiger charge is 2.07. The maximum absolute atomic E-state index is 10.1. The van der Waals surface area contributed by atoms with Gasteiger partial charge in [0.25, 0.3) is 5.22 Å². The highest BCUT2D eigenvalue weighted by atomic mass is 35.5. The predicted molar refractivity (Wildman–Crippen MR) is 34.7 cm³/mol. The van der Waals surface area contributed by atoms with E-state index in [9.17, 15) is 5.11 Å². The number of halogens is 3. The van der Waals surface area contributed by atoms with E-state index < -0.39 is 10.6 Å². The second kappa shape index (κ2) is 3.44. The predicted octanol–water partition coefficient (Wildman–Crippen LogP) is 2.69. The van der Waals surface area contributed by atoms with Crippen molar-refractivity contribution in [3.8, 4) is 0 Å². The quantitative estimate of drug-likeness (QED) is 0.430. The van der Waals surface area contributed by atoms with Crippen LogP contribution in [0.5, 0.6) is 0 Å². The van der Waals surface area contributed by atoms with Gasteiger partial charge in [-0.05, 0) is 18.5 Å². The summed E-state index contributed by atoms with van der Waals surface area (Å²) < 4.78 is 0. The van der Waals surface area contributed by atoms with Crippen molar-refractivity contribution in [3.63, 3.8) is 0 Å². The molecule has 0 fully saturated rings. The molecule has 0 rings (SSSR count). The van der Waals surface area contributed by atoms with Crippen LogP contribution in [0.15, 0.2) is 10.3 Å². The van der Waals surface area contributed by atoms with Crippen LogP contribution in [0.3, 0.4) is 0 Å². The average molecular weight is 174 g/mol. The molecule has 1 atom stereocenters. The number of allylic oxidation sites excluding steroid dienone is 1. The number of hydrogen-bond acceptors (Lipinski definition) is 0. The van der Waals surface area contributed by atoms with Gasteiger partial charge in [0.1, 0.15) is 0 Å². The first-order valence-corrected chi connectivity index (χ1v) is 3.11. The van der Waals surface area contributed by atoms with Gasteiger partial charge in [0, 0.05) is 0 Å². The monoisotopic (exact) mass is 173 g/mol. The van der Waals surface area contributed by atoms with Crippen molar-refractivity contribution >= 4 is 34.8 Å². The summed E-state index contributed by atoms with van der Waals surface area (Å²) in [5.74, 6) is 0. The third-order valence-electron chi connectivity index (χ3n) is 0.537. The van der Waals surface area contributed by atoms with E-state index in [1.807, 2.05) is 0 Å². The van der Waals surface area contributed by atoms with Crippen LogP contribution in [0.1, 0.15) is 6.92 Å². The van der Waals surface area contributed by atoms with Gasteiger partial charge in [0.05, 0.1) is 10.4 Å². The molecule has 0 bridgehead atoms. The molecule has 1 radical (unpaired) electrons. The van der Waals surface area contributed by atoms with E-state index in [1.54, 1.807) is 6.92 Å². The molecule has 1 nitrogen and oxygen atoms in total. The number of hydrogen-bond donors (Lipinski definition) is 0.